The zero-order chi connectivity index (χ0) is 14.2. The third-order valence-electron chi connectivity index (χ3n) is 2.74. The Hall–Kier alpha value is -1.53. The number of phenolic OH excluding ortho intramolecular Hbond substituents is 1. The van der Waals surface area contributed by atoms with Gasteiger partial charge in [-0.05, 0) is 25.0 Å². The van der Waals surface area contributed by atoms with E-state index in [0.29, 0.717) is 10.9 Å². The lowest BCUT2D eigenvalue weighted by atomic mass is 10.1. The quantitative estimate of drug-likeness (QED) is 0.746. The summed E-state index contributed by atoms with van der Waals surface area (Å²) < 4.78 is 3.31. The molecular formula is C12H18ClN4OS+. The first kappa shape index (κ1) is 13.9. The zero-order valence-corrected chi connectivity index (χ0v) is 12.9. The van der Waals surface area contributed by atoms with Gasteiger partial charge in [0.1, 0.15) is 16.4 Å². The van der Waals surface area contributed by atoms with Crippen molar-refractivity contribution < 1.29 is 5.11 Å². The van der Waals surface area contributed by atoms with Crippen molar-refractivity contribution in [2.45, 2.75) is 13.8 Å². The maximum absolute atomic E-state index is 9.83. The number of benzene rings is 1. The maximum Gasteiger partial charge on any atom is 0.204 e. The molecule has 0 aliphatic rings. The predicted octanol–water partition coefficient (Wildman–Crippen LogP) is 3.18. The Morgan fingerprint density at radius 3 is 2.37 bits per heavy atom. The van der Waals surface area contributed by atoms with Crippen LogP contribution in [0, 0.1) is 13.8 Å². The van der Waals surface area contributed by atoms with Crippen LogP contribution in [-0.4, -0.2) is 33.7 Å². The average Bonchev–Trinajstić information content (AvgIpc) is 2.34. The van der Waals surface area contributed by atoms with Crippen LogP contribution in [0.3, 0.4) is 0 Å². The lowest BCUT2D eigenvalue weighted by Gasteiger charge is -2.14. The Morgan fingerprint density at radius 1 is 1.26 bits per heavy atom. The second-order valence-corrected chi connectivity index (χ2v) is 6.54. The summed E-state index contributed by atoms with van der Waals surface area (Å²) in [6, 6.07) is 3.94. The van der Waals surface area contributed by atoms with Gasteiger partial charge in [0.15, 0.2) is 5.15 Å². The number of hydrogen-bond acceptors (Lipinski definition) is 2. The van der Waals surface area contributed by atoms with Gasteiger partial charge in [0.2, 0.25) is 10.3 Å². The number of hydrogen-bond donors (Lipinski definition) is 3. The molecule has 0 spiro atoms. The third-order valence-corrected chi connectivity index (χ3v) is 4.64. The van der Waals surface area contributed by atoms with Gasteiger partial charge in [0.05, 0.1) is 0 Å². The number of nitrogens with one attached hydrogen (secondary N) is 2. The standard InChI is InChI=1S/C12H17ClN4OS/c1-8-5-10(6-9(2)12(8)18)19-7-11(13)14-17(15-19)16(3)4/h5-7,14-15H,1-4H3/p+1. The fourth-order valence-electron chi connectivity index (χ4n) is 1.72. The van der Waals surface area contributed by atoms with E-state index in [0.717, 1.165) is 16.0 Å². The van der Waals surface area contributed by atoms with E-state index in [9.17, 15) is 5.11 Å². The first-order chi connectivity index (χ1) is 8.88. The van der Waals surface area contributed by atoms with E-state index < -0.39 is 0 Å². The normalized spacial score (nSPS) is 11.5. The van der Waals surface area contributed by atoms with E-state index in [-0.39, 0.29) is 10.7 Å². The van der Waals surface area contributed by atoms with Crippen LogP contribution in [0.1, 0.15) is 11.1 Å². The molecule has 7 heteroatoms. The second-order valence-electron chi connectivity index (χ2n) is 4.57. The van der Waals surface area contributed by atoms with Crippen molar-refractivity contribution in [3.05, 3.63) is 33.8 Å². The molecule has 0 aliphatic carbocycles. The number of halogens is 1. The van der Waals surface area contributed by atoms with Crippen LogP contribution in [0.2, 0.25) is 5.15 Å². The highest BCUT2D eigenvalue weighted by Gasteiger charge is 2.15. The van der Waals surface area contributed by atoms with E-state index in [1.807, 2.05) is 50.5 Å². The van der Waals surface area contributed by atoms with Crippen molar-refractivity contribution >= 4 is 22.3 Å². The van der Waals surface area contributed by atoms with Crippen molar-refractivity contribution in [1.29, 1.82) is 0 Å². The van der Waals surface area contributed by atoms with Crippen LogP contribution >= 0.6 is 22.3 Å². The number of phenols is 1. The van der Waals surface area contributed by atoms with Gasteiger partial charge in [-0.15, -0.1) is 0 Å². The molecule has 19 heavy (non-hydrogen) atoms. The number of aromatic hydroxyl groups is 1. The van der Waals surface area contributed by atoms with Crippen molar-refractivity contribution in [2.24, 2.45) is 0 Å². The molecule has 1 aromatic carbocycles. The van der Waals surface area contributed by atoms with Gasteiger partial charge in [-0.1, -0.05) is 21.0 Å². The molecule has 1 aromatic heterocycles. The van der Waals surface area contributed by atoms with E-state index >= 15 is 0 Å². The molecule has 0 saturated heterocycles. The summed E-state index contributed by atoms with van der Waals surface area (Å²) in [5.74, 6) is 0.349. The summed E-state index contributed by atoms with van der Waals surface area (Å²) in [5, 5.41) is 17.2. The zero-order valence-electron chi connectivity index (χ0n) is 11.4. The largest absolute Gasteiger partial charge is 0.507 e. The van der Waals surface area contributed by atoms with Gasteiger partial charge in [-0.3, -0.25) is 5.01 Å². The van der Waals surface area contributed by atoms with Crippen LogP contribution < -0.4 is 5.01 Å². The molecule has 1 atom stereocenters. The minimum Gasteiger partial charge on any atom is -0.507 e. The van der Waals surface area contributed by atoms with E-state index in [1.165, 1.54) is 0 Å². The molecule has 3 N–H and O–H groups in total. The fourth-order valence-corrected chi connectivity index (χ4v) is 3.62. The molecule has 0 bridgehead atoms. The summed E-state index contributed by atoms with van der Waals surface area (Å²) >= 11 is 6.11. The summed E-state index contributed by atoms with van der Waals surface area (Å²) in [4.78, 5) is 2.81. The van der Waals surface area contributed by atoms with Gasteiger partial charge in [-0.25, -0.2) is 5.10 Å². The molecule has 0 fully saturated rings. The Kier molecular flexibility index (Phi) is 3.82. The number of rotatable bonds is 2. The van der Waals surface area contributed by atoms with E-state index in [1.54, 1.807) is 4.91 Å². The lowest BCUT2D eigenvalue weighted by Crippen LogP contribution is -2.29. The molecular weight excluding hydrogens is 284 g/mol. The van der Waals surface area contributed by atoms with Crippen LogP contribution in [-0.2, 0) is 0 Å². The highest BCUT2D eigenvalue weighted by atomic mass is 35.5. The Labute approximate surface area is 119 Å². The molecule has 104 valence electrons. The van der Waals surface area contributed by atoms with Gasteiger partial charge in [0, 0.05) is 26.2 Å². The monoisotopic (exact) mass is 301 g/mol. The molecule has 0 aliphatic heterocycles. The molecule has 1 unspecified atom stereocenters. The highest BCUT2D eigenvalue weighted by Crippen LogP contribution is 2.33. The first-order valence-corrected chi connectivity index (χ1v) is 7.46. The van der Waals surface area contributed by atoms with Crippen molar-refractivity contribution in [2.75, 3.05) is 19.1 Å². The molecule has 0 radical (unpaired) electrons. The van der Waals surface area contributed by atoms with E-state index in [4.69, 9.17) is 11.6 Å². The van der Waals surface area contributed by atoms with Gasteiger partial charge in [-0.2, -0.15) is 0 Å². The smallest absolute Gasteiger partial charge is 0.204 e. The second kappa shape index (κ2) is 5.22. The van der Waals surface area contributed by atoms with Gasteiger partial charge < -0.3 is 5.11 Å². The van der Waals surface area contributed by atoms with Gasteiger partial charge in [0.25, 0.3) is 0 Å². The number of nitrogens with zero attached hydrogens (tertiary/aromatic N) is 2. The third kappa shape index (κ3) is 2.90. The summed E-state index contributed by atoms with van der Waals surface area (Å²) in [7, 11) is 3.46. The lowest BCUT2D eigenvalue weighted by molar-refractivity contribution is 0.467. The van der Waals surface area contributed by atoms with Crippen LogP contribution in [0.25, 0.3) is 4.90 Å². The molecule has 1 heterocycles. The van der Waals surface area contributed by atoms with Crippen molar-refractivity contribution in [1.82, 2.24) is 14.5 Å². The predicted molar refractivity (Wildman–Crippen MR) is 80.8 cm³/mol. The SMILES string of the molecule is Cc1cc(-[s+]2cc(Cl)[nH]n(N(C)C)[nH]2)cc(C)c1O. The van der Waals surface area contributed by atoms with Crippen LogP contribution in [0.5, 0.6) is 5.75 Å². The number of aryl methyl sites for hydroxylation is 2. The first-order valence-electron chi connectivity index (χ1n) is 5.79. The minimum atomic E-state index is -0.351. The number of aromatic amines is 2. The van der Waals surface area contributed by atoms with Crippen LogP contribution in [0.15, 0.2) is 17.5 Å². The number of aromatic nitrogens is 3. The molecule has 0 saturated carbocycles. The average molecular weight is 302 g/mol. The van der Waals surface area contributed by atoms with Crippen LogP contribution in [0.4, 0.5) is 0 Å². The van der Waals surface area contributed by atoms with Crippen molar-refractivity contribution in [3.8, 4) is 10.6 Å². The minimum absolute atomic E-state index is 0.349. The van der Waals surface area contributed by atoms with Crippen molar-refractivity contribution in [3.63, 3.8) is 0 Å². The topological polar surface area (TPSA) is 60.0 Å². The Bertz CT molecular complexity index is 610. The number of H-pyrrole nitrogens is 2. The maximum atomic E-state index is 9.83. The summed E-state index contributed by atoms with van der Waals surface area (Å²) in [5.41, 5.74) is 1.73. The highest BCUT2D eigenvalue weighted by molar-refractivity contribution is 7.33. The molecule has 2 aromatic rings. The molecule has 2 rings (SSSR count). The molecule has 5 nitrogen and oxygen atoms in total. The Balaban J connectivity index is 2.59. The summed E-state index contributed by atoms with van der Waals surface area (Å²) in [6.45, 7) is 3.79. The fraction of sp³-hybridized carbons (Fsp3) is 0.333. The van der Waals surface area contributed by atoms with Gasteiger partial charge >= 0.3 is 0 Å². The van der Waals surface area contributed by atoms with E-state index in [2.05, 4.69) is 9.59 Å². The molecule has 0 amide bonds. The summed E-state index contributed by atoms with van der Waals surface area (Å²) in [6.07, 6.45) is 0. The Morgan fingerprint density at radius 2 is 1.84 bits per heavy atom.